The Morgan fingerprint density at radius 1 is 1.29 bits per heavy atom. The van der Waals surface area contributed by atoms with Crippen LogP contribution in [0.25, 0.3) is 0 Å². The van der Waals surface area contributed by atoms with E-state index in [-0.39, 0.29) is 24.9 Å². The monoisotopic (exact) mass is 235 g/mol. The second kappa shape index (κ2) is 4.45. The number of rotatable bonds is 3. The van der Waals surface area contributed by atoms with Crippen LogP contribution in [0.1, 0.15) is 13.3 Å². The fraction of sp³-hybridized carbons (Fsp3) is 0.333. The first kappa shape index (κ1) is 11.4. The summed E-state index contributed by atoms with van der Waals surface area (Å²) in [4.78, 5) is 24.0. The third-order valence-electron chi connectivity index (χ3n) is 2.52. The summed E-state index contributed by atoms with van der Waals surface area (Å²) in [5.74, 6) is 0.894. The molecule has 0 N–H and O–H groups in total. The summed E-state index contributed by atoms with van der Waals surface area (Å²) >= 11 is 0. The molecule has 0 aliphatic carbocycles. The molecule has 1 aliphatic rings. The van der Waals surface area contributed by atoms with Crippen molar-refractivity contribution in [2.75, 3.05) is 18.7 Å². The summed E-state index contributed by atoms with van der Waals surface area (Å²) in [6.45, 7) is 1.59. The first-order valence-corrected chi connectivity index (χ1v) is 5.23. The van der Waals surface area contributed by atoms with Crippen LogP contribution in [0.4, 0.5) is 5.69 Å². The van der Waals surface area contributed by atoms with Gasteiger partial charge in [0.15, 0.2) is 11.5 Å². The number of nitrogens with zero attached hydrogens (tertiary/aromatic N) is 1. The Balaban J connectivity index is 2.17. The number of amides is 1. The summed E-state index contributed by atoms with van der Waals surface area (Å²) in [6.07, 6.45) is -0.0923. The number of anilines is 1. The van der Waals surface area contributed by atoms with E-state index in [1.165, 1.54) is 11.8 Å². The van der Waals surface area contributed by atoms with Crippen LogP contribution in [0.15, 0.2) is 18.2 Å². The van der Waals surface area contributed by atoms with Crippen LogP contribution in [-0.4, -0.2) is 25.5 Å². The van der Waals surface area contributed by atoms with Gasteiger partial charge in [0.05, 0.1) is 6.42 Å². The van der Waals surface area contributed by atoms with Gasteiger partial charge < -0.3 is 14.4 Å². The van der Waals surface area contributed by atoms with Gasteiger partial charge in [0.1, 0.15) is 5.78 Å². The molecule has 1 aromatic carbocycles. The van der Waals surface area contributed by atoms with E-state index < -0.39 is 0 Å². The van der Waals surface area contributed by atoms with E-state index in [2.05, 4.69) is 0 Å². The van der Waals surface area contributed by atoms with Crippen molar-refractivity contribution in [2.45, 2.75) is 13.3 Å². The number of carbonyl (C=O) groups excluding carboxylic acids is 2. The largest absolute Gasteiger partial charge is 0.454 e. The first-order valence-electron chi connectivity index (χ1n) is 5.23. The summed E-state index contributed by atoms with van der Waals surface area (Å²) in [6, 6.07) is 5.22. The van der Waals surface area contributed by atoms with Crippen LogP contribution in [0.3, 0.4) is 0 Å². The lowest BCUT2D eigenvalue weighted by molar-refractivity contribution is -0.125. The van der Waals surface area contributed by atoms with Crippen LogP contribution < -0.4 is 14.4 Å². The van der Waals surface area contributed by atoms with E-state index in [9.17, 15) is 9.59 Å². The van der Waals surface area contributed by atoms with Gasteiger partial charge in [-0.2, -0.15) is 0 Å². The molecule has 17 heavy (non-hydrogen) atoms. The number of fused-ring (bicyclic) bond motifs is 1. The number of hydrogen-bond acceptors (Lipinski definition) is 4. The summed E-state index contributed by atoms with van der Waals surface area (Å²) < 4.78 is 10.4. The molecule has 1 aromatic rings. The molecule has 2 rings (SSSR count). The molecule has 0 spiro atoms. The molecule has 0 aromatic heterocycles. The average Bonchev–Trinajstić information content (AvgIpc) is 2.73. The molecule has 0 unspecified atom stereocenters. The predicted molar refractivity (Wildman–Crippen MR) is 61.3 cm³/mol. The Hall–Kier alpha value is -2.04. The highest BCUT2D eigenvalue weighted by Gasteiger charge is 2.18. The topological polar surface area (TPSA) is 55.8 Å². The molecule has 0 atom stereocenters. The van der Waals surface area contributed by atoms with Crippen molar-refractivity contribution in [1.82, 2.24) is 0 Å². The number of hydrogen-bond donors (Lipinski definition) is 0. The third-order valence-corrected chi connectivity index (χ3v) is 2.52. The number of ketones is 1. The van der Waals surface area contributed by atoms with E-state index in [1.807, 2.05) is 0 Å². The Labute approximate surface area is 98.9 Å². The zero-order chi connectivity index (χ0) is 12.4. The van der Waals surface area contributed by atoms with Gasteiger partial charge in [-0.15, -0.1) is 0 Å². The van der Waals surface area contributed by atoms with Crippen LogP contribution in [-0.2, 0) is 9.59 Å². The fourth-order valence-electron chi connectivity index (χ4n) is 1.57. The van der Waals surface area contributed by atoms with Crippen molar-refractivity contribution in [3.05, 3.63) is 18.2 Å². The van der Waals surface area contributed by atoms with Gasteiger partial charge in [0.2, 0.25) is 12.7 Å². The maximum Gasteiger partial charge on any atom is 0.234 e. The van der Waals surface area contributed by atoms with E-state index in [0.29, 0.717) is 17.2 Å². The number of benzene rings is 1. The van der Waals surface area contributed by atoms with Crippen molar-refractivity contribution < 1.29 is 19.1 Å². The van der Waals surface area contributed by atoms with Gasteiger partial charge in [-0.3, -0.25) is 9.59 Å². The molecule has 1 amide bonds. The highest BCUT2D eigenvalue weighted by molar-refractivity contribution is 6.04. The van der Waals surface area contributed by atoms with Gasteiger partial charge >= 0.3 is 0 Å². The quantitative estimate of drug-likeness (QED) is 0.742. The first-order chi connectivity index (χ1) is 8.08. The van der Waals surface area contributed by atoms with Gasteiger partial charge in [-0.25, -0.2) is 0 Å². The number of ether oxygens (including phenoxy) is 2. The minimum absolute atomic E-state index is 0.0923. The zero-order valence-electron chi connectivity index (χ0n) is 9.73. The third kappa shape index (κ3) is 2.38. The fourth-order valence-corrected chi connectivity index (χ4v) is 1.57. The van der Waals surface area contributed by atoms with Crippen LogP contribution in [0.5, 0.6) is 11.5 Å². The highest BCUT2D eigenvalue weighted by Crippen LogP contribution is 2.35. The van der Waals surface area contributed by atoms with Gasteiger partial charge in [0, 0.05) is 18.8 Å². The number of carbonyl (C=O) groups is 2. The minimum atomic E-state index is -0.239. The molecule has 0 bridgehead atoms. The lowest BCUT2D eigenvalue weighted by atomic mass is 10.2. The van der Waals surface area contributed by atoms with E-state index in [0.717, 1.165) is 0 Å². The maximum absolute atomic E-state index is 11.7. The van der Waals surface area contributed by atoms with E-state index in [4.69, 9.17) is 9.47 Å². The van der Waals surface area contributed by atoms with Crippen molar-refractivity contribution >= 4 is 17.4 Å². The lowest BCUT2D eigenvalue weighted by Crippen LogP contribution is -2.27. The normalized spacial score (nSPS) is 12.4. The summed E-state index contributed by atoms with van der Waals surface area (Å²) in [5.41, 5.74) is 0.681. The van der Waals surface area contributed by atoms with Crippen molar-refractivity contribution in [1.29, 1.82) is 0 Å². The Morgan fingerprint density at radius 3 is 2.71 bits per heavy atom. The second-order valence-corrected chi connectivity index (χ2v) is 3.87. The second-order valence-electron chi connectivity index (χ2n) is 3.87. The molecule has 5 nitrogen and oxygen atoms in total. The summed E-state index contributed by atoms with van der Waals surface area (Å²) in [5, 5.41) is 0. The van der Waals surface area contributed by atoms with Crippen molar-refractivity contribution in [2.24, 2.45) is 0 Å². The SMILES string of the molecule is CC(=O)CC(=O)N(C)c1ccc2c(c1)OCO2. The standard InChI is InChI=1S/C12H13NO4/c1-8(14)5-12(15)13(2)9-3-4-10-11(6-9)17-7-16-10/h3-4,6H,5,7H2,1-2H3. The van der Waals surface area contributed by atoms with Crippen molar-refractivity contribution in [3.63, 3.8) is 0 Å². The van der Waals surface area contributed by atoms with Crippen molar-refractivity contribution in [3.8, 4) is 11.5 Å². The van der Waals surface area contributed by atoms with Crippen LogP contribution >= 0.6 is 0 Å². The van der Waals surface area contributed by atoms with E-state index in [1.54, 1.807) is 25.2 Å². The zero-order valence-corrected chi connectivity index (χ0v) is 9.73. The van der Waals surface area contributed by atoms with Gasteiger partial charge in [-0.1, -0.05) is 0 Å². The van der Waals surface area contributed by atoms with Gasteiger partial charge in [-0.05, 0) is 19.1 Å². The Bertz CT molecular complexity index is 470. The molecule has 0 fully saturated rings. The maximum atomic E-state index is 11.7. The average molecular weight is 235 g/mol. The molecule has 0 radical (unpaired) electrons. The van der Waals surface area contributed by atoms with Gasteiger partial charge in [0.25, 0.3) is 0 Å². The summed E-state index contributed by atoms with van der Waals surface area (Å²) in [7, 11) is 1.63. The van der Waals surface area contributed by atoms with Crippen LogP contribution in [0, 0.1) is 0 Å². The molecular formula is C12H13NO4. The van der Waals surface area contributed by atoms with Crippen LogP contribution in [0.2, 0.25) is 0 Å². The predicted octanol–water partition coefficient (Wildman–Crippen LogP) is 1.36. The molecule has 0 saturated heterocycles. The number of Topliss-reactive ketones (excluding diaryl/α,β-unsaturated/α-hetero) is 1. The lowest BCUT2D eigenvalue weighted by Gasteiger charge is -2.16. The molecule has 90 valence electrons. The molecule has 0 saturated carbocycles. The molecular weight excluding hydrogens is 222 g/mol. The smallest absolute Gasteiger partial charge is 0.234 e. The molecule has 5 heteroatoms. The molecule has 1 aliphatic heterocycles. The highest BCUT2D eigenvalue weighted by atomic mass is 16.7. The minimum Gasteiger partial charge on any atom is -0.454 e. The Morgan fingerprint density at radius 2 is 2.00 bits per heavy atom. The molecule has 1 heterocycles. The van der Waals surface area contributed by atoms with E-state index >= 15 is 0 Å². The Kier molecular flexibility index (Phi) is 2.99.